The number of halogens is 2. The first-order valence-electron chi connectivity index (χ1n) is 18.7. The van der Waals surface area contributed by atoms with Gasteiger partial charge in [0, 0.05) is 12.4 Å². The number of nitrogens with one attached hydrogen (secondary N) is 4. The first-order valence-corrected chi connectivity index (χ1v) is 18.7. The van der Waals surface area contributed by atoms with Gasteiger partial charge >= 0.3 is 12.2 Å². The van der Waals surface area contributed by atoms with E-state index in [-0.39, 0.29) is 19.6 Å². The number of carbonyl (C=O) groups is 4. The zero-order chi connectivity index (χ0) is 41.4. The van der Waals surface area contributed by atoms with E-state index < -0.39 is 78.5 Å². The molecule has 2 aromatic carbocycles. The lowest BCUT2D eigenvalue weighted by molar-refractivity contribution is -0.154. The van der Waals surface area contributed by atoms with Crippen molar-refractivity contribution in [2.45, 2.75) is 89.9 Å². The summed E-state index contributed by atoms with van der Waals surface area (Å²) in [6.07, 6.45) is -2.04. The number of alkyl halides is 2. The van der Waals surface area contributed by atoms with Crippen LogP contribution < -0.4 is 21.3 Å². The van der Waals surface area contributed by atoms with Crippen molar-refractivity contribution in [2.75, 3.05) is 0 Å². The molecule has 13 nitrogen and oxygen atoms in total. The Balaban J connectivity index is 1.57. The molecule has 5 atom stereocenters. The second kappa shape index (κ2) is 21.4. The van der Waals surface area contributed by atoms with Crippen LogP contribution in [-0.4, -0.2) is 75.3 Å². The van der Waals surface area contributed by atoms with Gasteiger partial charge in [0.05, 0.1) is 23.5 Å². The summed E-state index contributed by atoms with van der Waals surface area (Å²) < 4.78 is 44.4. The third-order valence-electron chi connectivity index (χ3n) is 9.06. The van der Waals surface area contributed by atoms with Crippen LogP contribution in [0.2, 0.25) is 0 Å². The van der Waals surface area contributed by atoms with Gasteiger partial charge in [0.1, 0.15) is 31.4 Å². The zero-order valence-corrected chi connectivity index (χ0v) is 32.3. The van der Waals surface area contributed by atoms with Gasteiger partial charge in [-0.25, -0.2) is 18.4 Å². The maximum atomic E-state index is 17.0. The number of aromatic nitrogens is 2. The molecule has 57 heavy (non-hydrogen) atoms. The van der Waals surface area contributed by atoms with Gasteiger partial charge in [-0.1, -0.05) is 100 Å². The number of pyridine rings is 2. The van der Waals surface area contributed by atoms with Gasteiger partial charge in [-0.2, -0.15) is 0 Å². The van der Waals surface area contributed by atoms with E-state index in [2.05, 4.69) is 31.2 Å². The standard InChI is InChI=1S/C42H50F2N6O7/c1-27(2)35(49-40(54)56-25-31-19-11-13-21-45-31)38(52)47-33(23-29-15-7-5-8-16-29)37(51)42(43,44)34(24-30-17-9-6-10-18-30)48-39(53)36(28(3)4)50-41(55)57-26-32-20-12-14-22-46-32/h5-22,27-28,33-37,51H,23-26H2,1-4H3,(H,47,52)(H,48,53)(H,49,54)(H,50,55)/t33?,34?,35-,36-,37?/m0/s1. The van der Waals surface area contributed by atoms with Crippen LogP contribution in [0.25, 0.3) is 0 Å². The number of aliphatic hydroxyl groups is 1. The Bertz CT molecular complexity index is 1860. The van der Waals surface area contributed by atoms with E-state index >= 15 is 8.78 Å². The number of rotatable bonds is 19. The van der Waals surface area contributed by atoms with Gasteiger partial charge in [0.15, 0.2) is 0 Å². The number of benzene rings is 2. The Morgan fingerprint density at radius 2 is 1.04 bits per heavy atom. The first-order chi connectivity index (χ1) is 27.2. The molecule has 2 heterocycles. The van der Waals surface area contributed by atoms with Gasteiger partial charge in [0.25, 0.3) is 5.92 Å². The summed E-state index contributed by atoms with van der Waals surface area (Å²) in [4.78, 5) is 61.3. The average Bonchev–Trinajstić information content (AvgIpc) is 3.20. The Labute approximate surface area is 331 Å². The lowest BCUT2D eigenvalue weighted by atomic mass is 9.89. The van der Waals surface area contributed by atoms with Crippen LogP contribution in [0.5, 0.6) is 0 Å². The third kappa shape index (κ3) is 13.6. The van der Waals surface area contributed by atoms with Gasteiger partial charge in [-0.05, 0) is 60.1 Å². The van der Waals surface area contributed by atoms with Crippen molar-refractivity contribution in [3.05, 3.63) is 132 Å². The minimum Gasteiger partial charge on any atom is -0.443 e. The topological polar surface area (TPSA) is 181 Å². The van der Waals surface area contributed by atoms with Gasteiger partial charge in [-0.3, -0.25) is 19.6 Å². The molecule has 4 rings (SSSR count). The summed E-state index contributed by atoms with van der Waals surface area (Å²) in [6, 6.07) is 20.6. The van der Waals surface area contributed by atoms with Crippen molar-refractivity contribution in [1.29, 1.82) is 0 Å². The van der Waals surface area contributed by atoms with Crippen molar-refractivity contribution in [1.82, 2.24) is 31.2 Å². The maximum Gasteiger partial charge on any atom is 0.408 e. The molecule has 0 saturated carbocycles. The van der Waals surface area contributed by atoms with Crippen molar-refractivity contribution in [3.8, 4) is 0 Å². The molecule has 4 amide bonds. The predicted molar refractivity (Wildman–Crippen MR) is 207 cm³/mol. The normalized spacial score (nSPS) is 14.1. The van der Waals surface area contributed by atoms with E-state index in [0.717, 1.165) is 0 Å². The molecule has 304 valence electrons. The molecule has 0 radical (unpaired) electrons. The molecule has 0 aliphatic carbocycles. The zero-order valence-electron chi connectivity index (χ0n) is 32.3. The number of hydrogen-bond acceptors (Lipinski definition) is 9. The highest BCUT2D eigenvalue weighted by Gasteiger charge is 2.51. The third-order valence-corrected chi connectivity index (χ3v) is 9.06. The Kier molecular flexibility index (Phi) is 16.4. The predicted octanol–water partition coefficient (Wildman–Crippen LogP) is 5.13. The van der Waals surface area contributed by atoms with Crippen LogP contribution in [0.15, 0.2) is 109 Å². The minimum absolute atomic E-state index is 0.172. The van der Waals surface area contributed by atoms with Crippen molar-refractivity contribution in [2.24, 2.45) is 11.8 Å². The largest absolute Gasteiger partial charge is 0.443 e. The molecular formula is C42H50F2N6O7. The molecule has 4 aromatic rings. The van der Waals surface area contributed by atoms with Crippen LogP contribution >= 0.6 is 0 Å². The summed E-state index contributed by atoms with van der Waals surface area (Å²) in [5.74, 6) is -6.95. The number of hydrogen-bond donors (Lipinski definition) is 5. The molecule has 0 bridgehead atoms. The van der Waals surface area contributed by atoms with Crippen LogP contribution in [0, 0.1) is 11.8 Å². The van der Waals surface area contributed by atoms with E-state index in [0.29, 0.717) is 22.5 Å². The summed E-state index contributed by atoms with van der Waals surface area (Å²) in [5, 5.41) is 21.6. The Hall–Kier alpha value is -5.96. The highest BCUT2D eigenvalue weighted by molar-refractivity contribution is 5.87. The number of nitrogens with zero attached hydrogens (tertiary/aromatic N) is 2. The minimum atomic E-state index is -4.08. The first kappa shape index (κ1) is 43.8. The second-order valence-corrected chi connectivity index (χ2v) is 14.2. The van der Waals surface area contributed by atoms with Gasteiger partial charge < -0.3 is 35.8 Å². The van der Waals surface area contributed by atoms with E-state index in [4.69, 9.17) is 9.47 Å². The summed E-state index contributed by atoms with van der Waals surface area (Å²) in [5.41, 5.74) is 1.89. The number of alkyl carbamates (subject to hydrolysis) is 2. The Morgan fingerprint density at radius 1 is 0.614 bits per heavy atom. The summed E-state index contributed by atoms with van der Waals surface area (Å²) >= 11 is 0. The molecule has 0 aliphatic heterocycles. The van der Waals surface area contributed by atoms with Gasteiger partial charge in [0.2, 0.25) is 11.8 Å². The fourth-order valence-corrected chi connectivity index (χ4v) is 5.90. The van der Waals surface area contributed by atoms with Gasteiger partial charge in [-0.15, -0.1) is 0 Å². The second-order valence-electron chi connectivity index (χ2n) is 14.2. The molecule has 0 spiro atoms. The summed E-state index contributed by atoms with van der Waals surface area (Å²) in [6.45, 7) is 6.20. The van der Waals surface area contributed by atoms with E-state index in [1.54, 1.807) is 125 Å². The van der Waals surface area contributed by atoms with Crippen LogP contribution in [0.4, 0.5) is 18.4 Å². The molecule has 0 fully saturated rings. The van der Waals surface area contributed by atoms with Crippen molar-refractivity contribution < 1.29 is 42.5 Å². The quantitative estimate of drug-likeness (QED) is 0.0861. The number of amides is 4. The summed E-state index contributed by atoms with van der Waals surface area (Å²) in [7, 11) is 0. The molecule has 0 saturated heterocycles. The van der Waals surface area contributed by atoms with Crippen molar-refractivity contribution >= 4 is 24.0 Å². The fourth-order valence-electron chi connectivity index (χ4n) is 5.90. The number of carbonyl (C=O) groups excluding carboxylic acids is 4. The monoisotopic (exact) mass is 788 g/mol. The molecule has 3 unspecified atom stereocenters. The lowest BCUT2D eigenvalue weighted by Gasteiger charge is -2.37. The fraction of sp³-hybridized carbons (Fsp3) is 0.381. The SMILES string of the molecule is CC(C)[C@H](NC(=O)OCc1ccccn1)C(=O)NC(Cc1ccccc1)C(O)C(F)(F)C(Cc1ccccc1)NC(=O)[C@@H](NC(=O)OCc1ccccn1)C(C)C. The molecule has 5 N–H and O–H groups in total. The van der Waals surface area contributed by atoms with E-state index in [9.17, 15) is 24.3 Å². The molecular weight excluding hydrogens is 738 g/mol. The molecule has 0 aliphatic rings. The molecule has 2 aromatic heterocycles. The molecule has 15 heteroatoms. The van der Waals surface area contributed by atoms with Crippen molar-refractivity contribution in [3.63, 3.8) is 0 Å². The number of aliphatic hydroxyl groups excluding tert-OH is 1. The van der Waals surface area contributed by atoms with Crippen LogP contribution in [0.1, 0.15) is 50.2 Å². The van der Waals surface area contributed by atoms with E-state index in [1.165, 1.54) is 12.4 Å². The average molecular weight is 789 g/mol. The van der Waals surface area contributed by atoms with Crippen LogP contribution in [0.3, 0.4) is 0 Å². The lowest BCUT2D eigenvalue weighted by Crippen LogP contribution is -2.64. The Morgan fingerprint density at radius 3 is 1.46 bits per heavy atom. The maximum absolute atomic E-state index is 17.0. The highest BCUT2D eigenvalue weighted by atomic mass is 19.3. The smallest absolute Gasteiger partial charge is 0.408 e. The van der Waals surface area contributed by atoms with E-state index in [1.807, 2.05) is 0 Å². The number of ether oxygens (including phenoxy) is 2. The van der Waals surface area contributed by atoms with Crippen LogP contribution in [-0.2, 0) is 45.1 Å². The highest BCUT2D eigenvalue weighted by Crippen LogP contribution is 2.30.